The lowest BCUT2D eigenvalue weighted by Gasteiger charge is -2.24. The second-order valence-corrected chi connectivity index (χ2v) is 6.06. The summed E-state index contributed by atoms with van der Waals surface area (Å²) in [6.07, 6.45) is 0. The van der Waals surface area contributed by atoms with Gasteiger partial charge in [-0.25, -0.2) is 0 Å². The van der Waals surface area contributed by atoms with Crippen LogP contribution >= 0.6 is 0 Å². The Morgan fingerprint density at radius 3 is 2.32 bits per heavy atom. The maximum atomic E-state index is 12.2. The van der Waals surface area contributed by atoms with Gasteiger partial charge in [0.05, 0.1) is 0 Å². The Morgan fingerprint density at radius 2 is 1.74 bits per heavy atom. The van der Waals surface area contributed by atoms with Crippen molar-refractivity contribution in [1.29, 1.82) is 0 Å². The highest BCUT2D eigenvalue weighted by molar-refractivity contribution is 5.96. The summed E-state index contributed by atoms with van der Waals surface area (Å²) in [5.74, 6) is 0.0183. The molecule has 0 saturated heterocycles. The summed E-state index contributed by atoms with van der Waals surface area (Å²) in [5, 5.41) is 6.18. The topological polar surface area (TPSA) is 41.1 Å². The summed E-state index contributed by atoms with van der Waals surface area (Å²) in [5.41, 5.74) is 4.33. The summed E-state index contributed by atoms with van der Waals surface area (Å²) < 4.78 is 0. The van der Waals surface area contributed by atoms with Crippen LogP contribution in [0.2, 0.25) is 0 Å². The minimum Gasteiger partial charge on any atom is -0.351 e. The number of carbonyl (C=O) groups is 1. The molecule has 1 amide bonds. The number of carbonyl (C=O) groups excluding carboxylic acids is 1. The molecule has 0 aliphatic rings. The Balaban J connectivity index is 2.77. The monoisotopic (exact) mass is 262 g/mol. The van der Waals surface area contributed by atoms with Gasteiger partial charge < -0.3 is 10.6 Å². The first-order valence-corrected chi connectivity index (χ1v) is 6.78. The molecule has 0 bridgehead atoms. The average molecular weight is 262 g/mol. The SMILES string of the molecule is CNCC(C)(C)CNC(=O)c1ccc(C)c(C)c1C. The fourth-order valence-corrected chi connectivity index (χ4v) is 2.16. The van der Waals surface area contributed by atoms with Gasteiger partial charge >= 0.3 is 0 Å². The quantitative estimate of drug-likeness (QED) is 0.856. The van der Waals surface area contributed by atoms with Crippen LogP contribution in [-0.4, -0.2) is 26.0 Å². The molecular formula is C16H26N2O. The Kier molecular flexibility index (Phi) is 5.12. The molecule has 0 radical (unpaired) electrons. The molecular weight excluding hydrogens is 236 g/mol. The Hall–Kier alpha value is -1.35. The van der Waals surface area contributed by atoms with E-state index in [2.05, 4.69) is 38.3 Å². The summed E-state index contributed by atoms with van der Waals surface area (Å²) >= 11 is 0. The predicted octanol–water partition coefficient (Wildman–Crippen LogP) is 2.59. The molecule has 2 N–H and O–H groups in total. The van der Waals surface area contributed by atoms with Crippen molar-refractivity contribution >= 4 is 5.91 Å². The summed E-state index contributed by atoms with van der Waals surface area (Å²) in [7, 11) is 1.93. The molecule has 1 aromatic rings. The molecule has 0 aromatic heterocycles. The van der Waals surface area contributed by atoms with E-state index in [4.69, 9.17) is 0 Å². The van der Waals surface area contributed by atoms with E-state index in [0.717, 1.165) is 17.7 Å². The third-order valence-electron chi connectivity index (χ3n) is 3.69. The third-order valence-corrected chi connectivity index (χ3v) is 3.69. The first kappa shape index (κ1) is 15.7. The zero-order valence-electron chi connectivity index (χ0n) is 13.0. The Labute approximate surface area is 116 Å². The standard InChI is InChI=1S/C16H26N2O/c1-11-7-8-14(13(3)12(11)2)15(19)18-10-16(4,5)9-17-6/h7-8,17H,9-10H2,1-6H3,(H,18,19). The highest BCUT2D eigenvalue weighted by Crippen LogP contribution is 2.18. The van der Waals surface area contributed by atoms with E-state index < -0.39 is 0 Å². The van der Waals surface area contributed by atoms with Gasteiger partial charge in [-0.15, -0.1) is 0 Å². The van der Waals surface area contributed by atoms with Crippen molar-refractivity contribution in [3.05, 3.63) is 34.4 Å². The molecule has 0 atom stereocenters. The second-order valence-electron chi connectivity index (χ2n) is 6.06. The molecule has 0 unspecified atom stereocenters. The smallest absolute Gasteiger partial charge is 0.251 e. The number of hydrogen-bond acceptors (Lipinski definition) is 2. The molecule has 1 aromatic carbocycles. The van der Waals surface area contributed by atoms with Gasteiger partial charge in [-0.3, -0.25) is 4.79 Å². The van der Waals surface area contributed by atoms with E-state index in [1.54, 1.807) is 0 Å². The molecule has 3 heteroatoms. The van der Waals surface area contributed by atoms with E-state index >= 15 is 0 Å². The fraction of sp³-hybridized carbons (Fsp3) is 0.562. The van der Waals surface area contributed by atoms with Crippen molar-refractivity contribution in [2.45, 2.75) is 34.6 Å². The minimum absolute atomic E-state index is 0.0183. The zero-order valence-corrected chi connectivity index (χ0v) is 13.0. The first-order chi connectivity index (χ1) is 8.78. The van der Waals surface area contributed by atoms with E-state index in [1.165, 1.54) is 11.1 Å². The van der Waals surface area contributed by atoms with Gasteiger partial charge in [0.25, 0.3) is 5.91 Å². The van der Waals surface area contributed by atoms with Gasteiger partial charge in [0.1, 0.15) is 0 Å². The third kappa shape index (κ3) is 4.06. The van der Waals surface area contributed by atoms with Crippen molar-refractivity contribution in [3.8, 4) is 0 Å². The predicted molar refractivity (Wildman–Crippen MR) is 80.7 cm³/mol. The van der Waals surface area contributed by atoms with Crippen molar-refractivity contribution in [1.82, 2.24) is 10.6 Å². The van der Waals surface area contributed by atoms with Crippen LogP contribution in [0, 0.1) is 26.2 Å². The number of nitrogens with one attached hydrogen (secondary N) is 2. The maximum Gasteiger partial charge on any atom is 0.251 e. The van der Waals surface area contributed by atoms with Gasteiger partial charge in [0, 0.05) is 18.7 Å². The van der Waals surface area contributed by atoms with Crippen LogP contribution in [-0.2, 0) is 0 Å². The van der Waals surface area contributed by atoms with Crippen molar-refractivity contribution < 1.29 is 4.79 Å². The van der Waals surface area contributed by atoms with Crippen molar-refractivity contribution in [3.63, 3.8) is 0 Å². The van der Waals surface area contributed by atoms with Crippen molar-refractivity contribution in [2.75, 3.05) is 20.1 Å². The first-order valence-electron chi connectivity index (χ1n) is 6.78. The molecule has 0 saturated carbocycles. The summed E-state index contributed by atoms with van der Waals surface area (Å²) in [6.45, 7) is 12.0. The van der Waals surface area contributed by atoms with Gasteiger partial charge in [-0.1, -0.05) is 19.9 Å². The van der Waals surface area contributed by atoms with E-state index in [0.29, 0.717) is 6.54 Å². The normalized spacial score (nSPS) is 11.5. The van der Waals surface area contributed by atoms with Crippen LogP contribution in [0.4, 0.5) is 0 Å². The summed E-state index contributed by atoms with van der Waals surface area (Å²) in [4.78, 5) is 12.2. The fourth-order valence-electron chi connectivity index (χ4n) is 2.16. The minimum atomic E-state index is 0.0183. The lowest BCUT2D eigenvalue weighted by Crippen LogP contribution is -2.39. The van der Waals surface area contributed by atoms with Crippen LogP contribution in [0.1, 0.15) is 40.9 Å². The lowest BCUT2D eigenvalue weighted by atomic mass is 9.93. The molecule has 19 heavy (non-hydrogen) atoms. The van der Waals surface area contributed by atoms with Crippen LogP contribution < -0.4 is 10.6 Å². The zero-order chi connectivity index (χ0) is 14.6. The van der Waals surface area contributed by atoms with Crippen LogP contribution in [0.5, 0.6) is 0 Å². The van der Waals surface area contributed by atoms with Gasteiger partial charge in [-0.2, -0.15) is 0 Å². The van der Waals surface area contributed by atoms with E-state index in [-0.39, 0.29) is 11.3 Å². The molecule has 0 aliphatic carbocycles. The van der Waals surface area contributed by atoms with Crippen LogP contribution in [0.15, 0.2) is 12.1 Å². The second kappa shape index (κ2) is 6.20. The molecule has 0 fully saturated rings. The van der Waals surface area contributed by atoms with E-state index in [1.807, 2.05) is 26.1 Å². The molecule has 0 spiro atoms. The van der Waals surface area contributed by atoms with Crippen molar-refractivity contribution in [2.24, 2.45) is 5.41 Å². The highest BCUT2D eigenvalue weighted by Gasteiger charge is 2.19. The largest absolute Gasteiger partial charge is 0.351 e. The average Bonchev–Trinajstić information content (AvgIpc) is 2.33. The Bertz CT molecular complexity index is 464. The van der Waals surface area contributed by atoms with E-state index in [9.17, 15) is 4.79 Å². The lowest BCUT2D eigenvalue weighted by molar-refractivity contribution is 0.0936. The van der Waals surface area contributed by atoms with Gasteiger partial charge in [0.15, 0.2) is 0 Å². The number of benzene rings is 1. The number of rotatable bonds is 5. The number of aryl methyl sites for hydroxylation is 1. The molecule has 1 rings (SSSR count). The molecule has 3 nitrogen and oxygen atoms in total. The van der Waals surface area contributed by atoms with Gasteiger partial charge in [-0.05, 0) is 56.0 Å². The molecule has 0 heterocycles. The number of amides is 1. The Morgan fingerprint density at radius 1 is 1.11 bits per heavy atom. The van der Waals surface area contributed by atoms with Gasteiger partial charge in [0.2, 0.25) is 0 Å². The van der Waals surface area contributed by atoms with Crippen LogP contribution in [0.25, 0.3) is 0 Å². The van der Waals surface area contributed by atoms with Crippen LogP contribution in [0.3, 0.4) is 0 Å². The number of hydrogen-bond donors (Lipinski definition) is 2. The maximum absolute atomic E-state index is 12.2. The molecule has 106 valence electrons. The highest BCUT2D eigenvalue weighted by atomic mass is 16.1. The molecule has 0 aliphatic heterocycles. The summed E-state index contributed by atoms with van der Waals surface area (Å²) in [6, 6.07) is 3.92.